The fraction of sp³-hybridized carbons (Fsp3) is 0.500. The summed E-state index contributed by atoms with van der Waals surface area (Å²) < 4.78 is 10.5. The van der Waals surface area contributed by atoms with Crippen molar-refractivity contribution in [1.29, 1.82) is 0 Å². The van der Waals surface area contributed by atoms with Gasteiger partial charge in [-0.25, -0.2) is 4.79 Å². The number of nitrogens with two attached hydrogens (primary N) is 1. The molecule has 1 fully saturated rings. The van der Waals surface area contributed by atoms with E-state index in [0.717, 1.165) is 18.8 Å². The Morgan fingerprint density at radius 1 is 1.37 bits per heavy atom. The Balaban J connectivity index is 2.35. The van der Waals surface area contributed by atoms with Gasteiger partial charge in [-0.3, -0.25) is 0 Å². The van der Waals surface area contributed by atoms with Gasteiger partial charge < -0.3 is 20.1 Å². The molecular weight excluding hydrogens is 244 g/mol. The van der Waals surface area contributed by atoms with Crippen LogP contribution in [-0.4, -0.2) is 38.4 Å². The lowest BCUT2D eigenvalue weighted by atomic mass is 10.1. The Hall–Kier alpha value is -1.75. The molecule has 0 saturated carbocycles. The standard InChI is InChI=1S/C14H20N2O3/c1-9-7-16(8-10(2)19-9)13-5-4-11(15)6-12(13)14(17)18-3/h4-6,9-10H,7-8,15H2,1-3H3/t9-,10+. The third kappa shape index (κ3) is 2.98. The highest BCUT2D eigenvalue weighted by molar-refractivity contribution is 5.97. The number of benzene rings is 1. The number of anilines is 2. The Labute approximate surface area is 113 Å². The third-order valence-corrected chi connectivity index (χ3v) is 3.19. The first-order chi connectivity index (χ1) is 9.01. The summed E-state index contributed by atoms with van der Waals surface area (Å²) in [5.74, 6) is -0.367. The molecule has 0 radical (unpaired) electrons. The van der Waals surface area contributed by atoms with Crippen molar-refractivity contribution in [2.45, 2.75) is 26.1 Å². The number of carbonyl (C=O) groups is 1. The van der Waals surface area contributed by atoms with E-state index in [1.807, 2.05) is 19.9 Å². The molecule has 1 aromatic rings. The second-order valence-corrected chi connectivity index (χ2v) is 4.93. The van der Waals surface area contributed by atoms with Gasteiger partial charge in [-0.1, -0.05) is 0 Å². The van der Waals surface area contributed by atoms with E-state index in [1.165, 1.54) is 7.11 Å². The average Bonchev–Trinajstić information content (AvgIpc) is 2.36. The van der Waals surface area contributed by atoms with Crippen LogP contribution in [0.2, 0.25) is 0 Å². The van der Waals surface area contributed by atoms with Gasteiger partial charge in [0.15, 0.2) is 0 Å². The number of hydrogen-bond acceptors (Lipinski definition) is 5. The molecule has 2 N–H and O–H groups in total. The Bertz CT molecular complexity index is 466. The summed E-state index contributed by atoms with van der Waals surface area (Å²) in [4.78, 5) is 14.0. The van der Waals surface area contributed by atoms with Crippen molar-refractivity contribution in [1.82, 2.24) is 0 Å². The van der Waals surface area contributed by atoms with Gasteiger partial charge in [-0.15, -0.1) is 0 Å². The summed E-state index contributed by atoms with van der Waals surface area (Å²) in [6, 6.07) is 5.32. The SMILES string of the molecule is COC(=O)c1cc(N)ccc1N1C[C@@H](C)O[C@@H](C)C1. The van der Waals surface area contributed by atoms with Crippen LogP contribution in [-0.2, 0) is 9.47 Å². The summed E-state index contributed by atoms with van der Waals surface area (Å²) >= 11 is 0. The first kappa shape index (κ1) is 13.7. The van der Waals surface area contributed by atoms with Crippen LogP contribution in [0.15, 0.2) is 18.2 Å². The molecule has 2 rings (SSSR count). The van der Waals surface area contributed by atoms with E-state index in [4.69, 9.17) is 15.2 Å². The minimum Gasteiger partial charge on any atom is -0.465 e. The van der Waals surface area contributed by atoms with Gasteiger partial charge in [0, 0.05) is 18.8 Å². The molecule has 1 aliphatic heterocycles. The second kappa shape index (κ2) is 5.48. The minimum atomic E-state index is -0.367. The van der Waals surface area contributed by atoms with E-state index < -0.39 is 0 Å². The first-order valence-corrected chi connectivity index (χ1v) is 6.39. The van der Waals surface area contributed by atoms with Gasteiger partial charge in [-0.05, 0) is 32.0 Å². The van der Waals surface area contributed by atoms with E-state index >= 15 is 0 Å². The van der Waals surface area contributed by atoms with Crippen LogP contribution < -0.4 is 10.6 Å². The Morgan fingerprint density at radius 2 is 2.00 bits per heavy atom. The monoisotopic (exact) mass is 264 g/mol. The predicted molar refractivity (Wildman–Crippen MR) is 74.4 cm³/mol. The van der Waals surface area contributed by atoms with Crippen molar-refractivity contribution >= 4 is 17.3 Å². The number of carbonyl (C=O) groups excluding carboxylic acids is 1. The molecule has 0 spiro atoms. The van der Waals surface area contributed by atoms with Gasteiger partial charge in [0.1, 0.15) is 0 Å². The number of nitrogens with zero attached hydrogens (tertiary/aromatic N) is 1. The molecule has 104 valence electrons. The maximum absolute atomic E-state index is 11.9. The van der Waals surface area contributed by atoms with Crippen LogP contribution >= 0.6 is 0 Å². The van der Waals surface area contributed by atoms with Crippen molar-refractivity contribution in [2.75, 3.05) is 30.8 Å². The van der Waals surface area contributed by atoms with E-state index in [1.54, 1.807) is 12.1 Å². The second-order valence-electron chi connectivity index (χ2n) is 4.93. The fourth-order valence-electron chi connectivity index (χ4n) is 2.48. The lowest BCUT2D eigenvalue weighted by Crippen LogP contribution is -2.46. The molecule has 1 aliphatic rings. The third-order valence-electron chi connectivity index (χ3n) is 3.19. The molecule has 1 aromatic carbocycles. The number of nitrogen functional groups attached to an aromatic ring is 1. The summed E-state index contributed by atoms with van der Waals surface area (Å²) in [5.41, 5.74) is 7.66. The maximum Gasteiger partial charge on any atom is 0.340 e. The first-order valence-electron chi connectivity index (χ1n) is 6.39. The smallest absolute Gasteiger partial charge is 0.340 e. The highest BCUT2D eigenvalue weighted by Gasteiger charge is 2.25. The molecule has 0 bridgehead atoms. The van der Waals surface area contributed by atoms with Crippen LogP contribution in [0.4, 0.5) is 11.4 Å². The van der Waals surface area contributed by atoms with Gasteiger partial charge in [0.25, 0.3) is 0 Å². The number of esters is 1. The molecule has 1 saturated heterocycles. The molecule has 0 amide bonds. The number of hydrogen-bond donors (Lipinski definition) is 1. The molecule has 0 aromatic heterocycles. The maximum atomic E-state index is 11.9. The van der Waals surface area contributed by atoms with Crippen LogP contribution in [0.3, 0.4) is 0 Å². The van der Waals surface area contributed by atoms with E-state index in [-0.39, 0.29) is 18.2 Å². The zero-order valence-electron chi connectivity index (χ0n) is 11.6. The fourth-order valence-corrected chi connectivity index (χ4v) is 2.48. The van der Waals surface area contributed by atoms with E-state index in [9.17, 15) is 4.79 Å². The Morgan fingerprint density at radius 3 is 2.58 bits per heavy atom. The largest absolute Gasteiger partial charge is 0.465 e. The van der Waals surface area contributed by atoms with Crippen molar-refractivity contribution < 1.29 is 14.3 Å². The molecule has 1 heterocycles. The van der Waals surface area contributed by atoms with Crippen LogP contribution in [0, 0.1) is 0 Å². The normalized spacial score (nSPS) is 23.2. The molecule has 2 atom stereocenters. The van der Waals surface area contributed by atoms with Gasteiger partial charge in [-0.2, -0.15) is 0 Å². The lowest BCUT2D eigenvalue weighted by Gasteiger charge is -2.37. The molecule has 19 heavy (non-hydrogen) atoms. The molecule has 0 aliphatic carbocycles. The van der Waals surface area contributed by atoms with Gasteiger partial charge in [0.05, 0.1) is 30.6 Å². The molecule has 5 nitrogen and oxygen atoms in total. The van der Waals surface area contributed by atoms with Crippen LogP contribution in [0.25, 0.3) is 0 Å². The Kier molecular flexibility index (Phi) is 3.95. The molecule has 5 heteroatoms. The minimum absolute atomic E-state index is 0.131. The summed E-state index contributed by atoms with van der Waals surface area (Å²) in [7, 11) is 1.37. The average molecular weight is 264 g/mol. The van der Waals surface area contributed by atoms with Gasteiger partial charge >= 0.3 is 5.97 Å². The van der Waals surface area contributed by atoms with Crippen LogP contribution in [0.5, 0.6) is 0 Å². The zero-order chi connectivity index (χ0) is 14.0. The predicted octanol–water partition coefficient (Wildman–Crippen LogP) is 1.67. The zero-order valence-corrected chi connectivity index (χ0v) is 11.6. The van der Waals surface area contributed by atoms with Crippen molar-refractivity contribution in [3.8, 4) is 0 Å². The molecular formula is C14H20N2O3. The van der Waals surface area contributed by atoms with Crippen molar-refractivity contribution in [2.24, 2.45) is 0 Å². The van der Waals surface area contributed by atoms with E-state index in [2.05, 4.69) is 4.90 Å². The number of ether oxygens (including phenoxy) is 2. The van der Waals surface area contributed by atoms with E-state index in [0.29, 0.717) is 11.3 Å². The highest BCUT2D eigenvalue weighted by Crippen LogP contribution is 2.27. The lowest BCUT2D eigenvalue weighted by molar-refractivity contribution is -0.00533. The quantitative estimate of drug-likeness (QED) is 0.650. The number of rotatable bonds is 2. The summed E-state index contributed by atoms with van der Waals surface area (Å²) in [6.45, 7) is 5.55. The number of morpholine rings is 1. The number of methoxy groups -OCH3 is 1. The molecule has 0 unspecified atom stereocenters. The summed E-state index contributed by atoms with van der Waals surface area (Å²) in [5, 5.41) is 0. The highest BCUT2D eigenvalue weighted by atomic mass is 16.5. The summed E-state index contributed by atoms with van der Waals surface area (Å²) in [6.07, 6.45) is 0.263. The van der Waals surface area contributed by atoms with Crippen LogP contribution in [0.1, 0.15) is 24.2 Å². The van der Waals surface area contributed by atoms with Gasteiger partial charge in [0.2, 0.25) is 0 Å². The topological polar surface area (TPSA) is 64.8 Å². The van der Waals surface area contributed by atoms with Crippen molar-refractivity contribution in [3.05, 3.63) is 23.8 Å². The van der Waals surface area contributed by atoms with Crippen molar-refractivity contribution in [3.63, 3.8) is 0 Å².